The summed E-state index contributed by atoms with van der Waals surface area (Å²) in [6.07, 6.45) is 0. The van der Waals surface area contributed by atoms with Gasteiger partial charge in [0, 0.05) is 10.4 Å². The number of anilines is 1. The first-order chi connectivity index (χ1) is 6.59. The Morgan fingerprint density at radius 2 is 2.14 bits per heavy atom. The molecule has 0 atom stereocenters. The third kappa shape index (κ3) is 1.54. The normalized spacial score (nSPS) is 10.8. The summed E-state index contributed by atoms with van der Waals surface area (Å²) in [4.78, 5) is 4.43. The number of nitrogens with zero attached hydrogens (tertiary/aromatic N) is 1. The highest BCUT2D eigenvalue weighted by Crippen LogP contribution is 2.28. The topological polar surface area (TPSA) is 38.9 Å². The highest BCUT2D eigenvalue weighted by Gasteiger charge is 2.07. The zero-order valence-electron chi connectivity index (χ0n) is 7.51. The van der Waals surface area contributed by atoms with Gasteiger partial charge in [-0.25, -0.2) is 0 Å². The second-order valence-electron chi connectivity index (χ2n) is 3.09. The molecule has 0 radical (unpaired) electrons. The lowest BCUT2D eigenvalue weighted by Crippen LogP contribution is -1.97. The quantitative estimate of drug-likeness (QED) is 0.756. The Morgan fingerprint density at radius 1 is 1.43 bits per heavy atom. The van der Waals surface area contributed by atoms with Crippen LogP contribution in [0.15, 0.2) is 18.2 Å². The summed E-state index contributed by atoms with van der Waals surface area (Å²) >= 11 is 8.10. The van der Waals surface area contributed by atoms with Gasteiger partial charge in [-0.05, 0) is 47.7 Å². The molecule has 0 saturated heterocycles. The lowest BCUT2D eigenvalue weighted by Gasteiger charge is -2.06. The Kier molecular flexibility index (Phi) is 2.53. The van der Waals surface area contributed by atoms with Crippen molar-refractivity contribution < 1.29 is 0 Å². The Morgan fingerprint density at radius 3 is 2.86 bits per heavy atom. The molecule has 2 nitrogen and oxygen atoms in total. The summed E-state index contributed by atoms with van der Waals surface area (Å²) in [5.74, 6) is 0. The number of pyridine rings is 1. The largest absolute Gasteiger partial charge is 0.397 e. The molecule has 0 aliphatic carbocycles. The van der Waals surface area contributed by atoms with Gasteiger partial charge in [0.15, 0.2) is 0 Å². The molecule has 0 unspecified atom stereocenters. The molecule has 2 rings (SSSR count). The van der Waals surface area contributed by atoms with Gasteiger partial charge in [-0.3, -0.25) is 4.98 Å². The Bertz CT molecular complexity index is 511. The maximum Gasteiger partial charge on any atom is 0.0727 e. The molecule has 0 amide bonds. The molecule has 0 aliphatic rings. The summed E-state index contributed by atoms with van der Waals surface area (Å²) in [7, 11) is 0. The highest BCUT2D eigenvalue weighted by atomic mass is 127. The first kappa shape index (κ1) is 9.98. The zero-order valence-corrected chi connectivity index (χ0v) is 10.4. The molecule has 4 heteroatoms. The SMILES string of the molecule is Cc1nc2ccc(Cl)cc2c(N)c1I. The van der Waals surface area contributed by atoms with Gasteiger partial charge >= 0.3 is 0 Å². The summed E-state index contributed by atoms with van der Waals surface area (Å²) in [5.41, 5.74) is 8.59. The van der Waals surface area contributed by atoms with Gasteiger partial charge in [0.2, 0.25) is 0 Å². The second-order valence-corrected chi connectivity index (χ2v) is 4.60. The van der Waals surface area contributed by atoms with Crippen molar-refractivity contribution in [2.24, 2.45) is 0 Å². The third-order valence-electron chi connectivity index (χ3n) is 2.09. The number of aromatic nitrogens is 1. The minimum atomic E-state index is 0.686. The van der Waals surface area contributed by atoms with Crippen molar-refractivity contribution in [2.75, 3.05) is 5.73 Å². The molecule has 0 spiro atoms. The van der Waals surface area contributed by atoms with Crippen molar-refractivity contribution in [3.8, 4) is 0 Å². The average Bonchev–Trinajstić information content (AvgIpc) is 2.16. The van der Waals surface area contributed by atoms with Crippen LogP contribution in [0, 0.1) is 10.5 Å². The van der Waals surface area contributed by atoms with Crippen LogP contribution >= 0.6 is 34.2 Å². The van der Waals surface area contributed by atoms with E-state index in [0.29, 0.717) is 5.02 Å². The summed E-state index contributed by atoms with van der Waals surface area (Å²) < 4.78 is 0.998. The van der Waals surface area contributed by atoms with Crippen LogP contribution in [-0.2, 0) is 0 Å². The van der Waals surface area contributed by atoms with Gasteiger partial charge < -0.3 is 5.73 Å². The maximum absolute atomic E-state index is 5.98. The van der Waals surface area contributed by atoms with Crippen LogP contribution in [0.4, 0.5) is 5.69 Å². The van der Waals surface area contributed by atoms with Crippen LogP contribution in [0.5, 0.6) is 0 Å². The lowest BCUT2D eigenvalue weighted by molar-refractivity contribution is 1.23. The van der Waals surface area contributed by atoms with Gasteiger partial charge in [-0.15, -0.1) is 0 Å². The van der Waals surface area contributed by atoms with Gasteiger partial charge in [-0.2, -0.15) is 0 Å². The predicted octanol–water partition coefficient (Wildman–Crippen LogP) is 3.38. The average molecular weight is 319 g/mol. The van der Waals surface area contributed by atoms with Crippen LogP contribution in [-0.4, -0.2) is 4.98 Å². The van der Waals surface area contributed by atoms with Gasteiger partial charge in [-0.1, -0.05) is 11.6 Å². The van der Waals surface area contributed by atoms with Gasteiger partial charge in [0.1, 0.15) is 0 Å². The number of nitrogen functional groups attached to an aromatic ring is 1. The molecule has 2 N–H and O–H groups in total. The van der Waals surface area contributed by atoms with Crippen molar-refractivity contribution >= 4 is 50.8 Å². The first-order valence-corrected chi connectivity index (χ1v) is 5.56. The van der Waals surface area contributed by atoms with Crippen LogP contribution in [0.3, 0.4) is 0 Å². The summed E-state index contributed by atoms with van der Waals surface area (Å²) in [6, 6.07) is 5.56. The molecule has 1 heterocycles. The molecule has 1 aromatic heterocycles. The maximum atomic E-state index is 5.98. The number of aryl methyl sites for hydroxylation is 1. The number of benzene rings is 1. The first-order valence-electron chi connectivity index (χ1n) is 4.10. The summed E-state index contributed by atoms with van der Waals surface area (Å²) in [6.45, 7) is 1.95. The standard InChI is InChI=1S/C10H8ClIN2/c1-5-9(12)10(13)7-4-6(11)2-3-8(7)14-5/h2-4H,1H3,(H2,13,14). The number of halogens is 2. The Labute approximate surface area is 101 Å². The molecule has 1 aromatic carbocycles. The lowest BCUT2D eigenvalue weighted by atomic mass is 10.1. The molecule has 72 valence electrons. The Balaban J connectivity index is 2.92. The molecule has 0 aliphatic heterocycles. The number of nitrogens with two attached hydrogens (primary N) is 1. The molecule has 0 saturated carbocycles. The molecule has 2 aromatic rings. The van der Waals surface area contributed by atoms with Crippen LogP contribution < -0.4 is 5.73 Å². The van der Waals surface area contributed by atoms with Crippen molar-refractivity contribution in [2.45, 2.75) is 6.92 Å². The molecule has 0 bridgehead atoms. The minimum Gasteiger partial charge on any atom is -0.397 e. The van der Waals surface area contributed by atoms with E-state index in [4.69, 9.17) is 17.3 Å². The molecular formula is C10H8ClIN2. The van der Waals surface area contributed by atoms with Gasteiger partial charge in [0.25, 0.3) is 0 Å². The van der Waals surface area contributed by atoms with Crippen molar-refractivity contribution in [3.63, 3.8) is 0 Å². The highest BCUT2D eigenvalue weighted by molar-refractivity contribution is 14.1. The fourth-order valence-corrected chi connectivity index (χ4v) is 1.95. The van der Waals surface area contributed by atoms with E-state index in [9.17, 15) is 0 Å². The third-order valence-corrected chi connectivity index (χ3v) is 3.69. The fourth-order valence-electron chi connectivity index (χ4n) is 1.36. The fraction of sp³-hybridized carbons (Fsp3) is 0.100. The minimum absolute atomic E-state index is 0.686. The van der Waals surface area contributed by atoms with E-state index < -0.39 is 0 Å². The summed E-state index contributed by atoms with van der Waals surface area (Å²) in [5, 5.41) is 1.61. The zero-order chi connectivity index (χ0) is 10.3. The van der Waals surface area contributed by atoms with E-state index >= 15 is 0 Å². The van der Waals surface area contributed by atoms with Crippen LogP contribution in [0.1, 0.15) is 5.69 Å². The van der Waals surface area contributed by atoms with E-state index in [1.165, 1.54) is 0 Å². The molecule has 0 fully saturated rings. The van der Waals surface area contributed by atoms with Crippen LogP contribution in [0.25, 0.3) is 10.9 Å². The van der Waals surface area contributed by atoms with E-state index in [-0.39, 0.29) is 0 Å². The number of hydrogen-bond acceptors (Lipinski definition) is 2. The smallest absolute Gasteiger partial charge is 0.0727 e. The molecule has 14 heavy (non-hydrogen) atoms. The predicted molar refractivity (Wildman–Crippen MR) is 68.6 cm³/mol. The van der Waals surface area contributed by atoms with E-state index in [1.807, 2.05) is 25.1 Å². The second kappa shape index (κ2) is 3.55. The van der Waals surface area contributed by atoms with Crippen molar-refractivity contribution in [3.05, 3.63) is 32.5 Å². The van der Waals surface area contributed by atoms with Gasteiger partial charge in [0.05, 0.1) is 20.5 Å². The van der Waals surface area contributed by atoms with Crippen LogP contribution in [0.2, 0.25) is 5.02 Å². The number of fused-ring (bicyclic) bond motifs is 1. The van der Waals surface area contributed by atoms with E-state index in [0.717, 1.165) is 25.9 Å². The van der Waals surface area contributed by atoms with E-state index in [2.05, 4.69) is 27.6 Å². The number of rotatable bonds is 0. The Hall–Kier alpha value is -0.550. The monoisotopic (exact) mass is 318 g/mol. The molecular weight excluding hydrogens is 310 g/mol. The van der Waals surface area contributed by atoms with E-state index in [1.54, 1.807) is 0 Å². The number of hydrogen-bond donors (Lipinski definition) is 1. The van der Waals surface area contributed by atoms with Crippen molar-refractivity contribution in [1.82, 2.24) is 4.98 Å². The van der Waals surface area contributed by atoms with Crippen molar-refractivity contribution in [1.29, 1.82) is 0 Å².